The van der Waals surface area contributed by atoms with Crippen LogP contribution in [-0.2, 0) is 0 Å². The minimum Gasteiger partial charge on any atom is -0.388 e. The maximum Gasteiger partial charge on any atom is 0.260 e. The summed E-state index contributed by atoms with van der Waals surface area (Å²) in [7, 11) is 0. The molecule has 0 aliphatic carbocycles. The van der Waals surface area contributed by atoms with Crippen molar-refractivity contribution in [3.05, 3.63) is 58.9 Å². The molecule has 2 heterocycles. The van der Waals surface area contributed by atoms with Gasteiger partial charge in [-0.3, -0.25) is 9.78 Å². The first kappa shape index (κ1) is 13.8. The van der Waals surface area contributed by atoms with E-state index in [1.54, 1.807) is 4.90 Å². The van der Waals surface area contributed by atoms with E-state index in [9.17, 15) is 9.90 Å². The predicted molar refractivity (Wildman–Crippen MR) is 81.4 cm³/mol. The molecule has 108 valence electrons. The normalized spacial score (nSPS) is 17.5. The number of benzene rings is 1. The fourth-order valence-electron chi connectivity index (χ4n) is 2.81. The zero-order chi connectivity index (χ0) is 15.0. The van der Waals surface area contributed by atoms with E-state index in [0.717, 1.165) is 22.6 Å². The molecule has 0 bridgehead atoms. The van der Waals surface area contributed by atoms with E-state index >= 15 is 0 Å². The number of para-hydroxylation sites is 1. The molecule has 4 heteroatoms. The van der Waals surface area contributed by atoms with Gasteiger partial charge in [0.2, 0.25) is 0 Å². The van der Waals surface area contributed by atoms with Gasteiger partial charge in [-0.25, -0.2) is 0 Å². The van der Waals surface area contributed by atoms with Gasteiger partial charge >= 0.3 is 0 Å². The Morgan fingerprint density at radius 1 is 1.24 bits per heavy atom. The molecule has 1 aromatic carbocycles. The van der Waals surface area contributed by atoms with Crippen LogP contribution in [0.5, 0.6) is 0 Å². The number of fused-ring (bicyclic) bond motifs is 1. The molecule has 21 heavy (non-hydrogen) atoms. The van der Waals surface area contributed by atoms with Crippen LogP contribution < -0.4 is 4.90 Å². The third-order valence-corrected chi connectivity index (χ3v) is 3.91. The van der Waals surface area contributed by atoms with E-state index in [1.165, 1.54) is 0 Å². The number of amides is 1. The number of carbonyl (C=O) groups is 1. The monoisotopic (exact) mass is 282 g/mol. The zero-order valence-electron chi connectivity index (χ0n) is 12.2. The maximum absolute atomic E-state index is 12.8. The number of aliphatic hydroxyl groups excluding tert-OH is 1. The Balaban J connectivity index is 2.01. The molecule has 1 amide bonds. The number of hydrogen-bond donors (Lipinski definition) is 1. The van der Waals surface area contributed by atoms with E-state index in [4.69, 9.17) is 0 Å². The average Bonchev–Trinajstić information content (AvgIpc) is 2.47. The minimum atomic E-state index is -0.498. The largest absolute Gasteiger partial charge is 0.388 e. The lowest BCUT2D eigenvalue weighted by atomic mass is 9.98. The number of carbonyl (C=O) groups excluding carboxylic acids is 1. The van der Waals surface area contributed by atoms with Crippen LogP contribution in [0.4, 0.5) is 5.69 Å². The number of aromatic nitrogens is 1. The van der Waals surface area contributed by atoms with Crippen molar-refractivity contribution in [2.75, 3.05) is 11.4 Å². The second-order valence-corrected chi connectivity index (χ2v) is 5.41. The van der Waals surface area contributed by atoms with Gasteiger partial charge in [-0.15, -0.1) is 0 Å². The highest BCUT2D eigenvalue weighted by Crippen LogP contribution is 2.34. The first-order valence-electron chi connectivity index (χ1n) is 7.11. The fraction of sp³-hybridized carbons (Fsp3) is 0.294. The van der Waals surface area contributed by atoms with Gasteiger partial charge in [0.25, 0.3) is 5.91 Å². The van der Waals surface area contributed by atoms with Crippen molar-refractivity contribution in [3.63, 3.8) is 0 Å². The third-order valence-electron chi connectivity index (χ3n) is 3.91. The molecular weight excluding hydrogens is 264 g/mol. The molecule has 1 aromatic heterocycles. The Labute approximate surface area is 124 Å². The Bertz CT molecular complexity index is 697. The number of pyridine rings is 1. The topological polar surface area (TPSA) is 53.4 Å². The molecule has 0 spiro atoms. The summed E-state index contributed by atoms with van der Waals surface area (Å²) < 4.78 is 0. The molecule has 3 rings (SSSR count). The van der Waals surface area contributed by atoms with Crippen molar-refractivity contribution in [1.82, 2.24) is 4.98 Å². The molecule has 1 aliphatic heterocycles. The highest BCUT2D eigenvalue weighted by atomic mass is 16.3. The van der Waals surface area contributed by atoms with Crippen molar-refractivity contribution < 1.29 is 9.90 Å². The van der Waals surface area contributed by atoms with Gasteiger partial charge < -0.3 is 10.0 Å². The van der Waals surface area contributed by atoms with Gasteiger partial charge in [-0.2, -0.15) is 0 Å². The number of aliphatic hydroxyl groups is 1. The van der Waals surface area contributed by atoms with Gasteiger partial charge in [0.05, 0.1) is 17.4 Å². The quantitative estimate of drug-likeness (QED) is 0.875. The Hall–Kier alpha value is -2.20. The Morgan fingerprint density at radius 2 is 2.00 bits per heavy atom. The number of rotatable bonds is 1. The van der Waals surface area contributed by atoms with Crippen LogP contribution in [0.25, 0.3) is 0 Å². The van der Waals surface area contributed by atoms with E-state index in [0.29, 0.717) is 18.5 Å². The third kappa shape index (κ3) is 2.43. The summed E-state index contributed by atoms with van der Waals surface area (Å²) >= 11 is 0. The lowest BCUT2D eigenvalue weighted by Crippen LogP contribution is -2.37. The van der Waals surface area contributed by atoms with Crippen LogP contribution >= 0.6 is 0 Å². The highest BCUT2D eigenvalue weighted by Gasteiger charge is 2.28. The number of hydrogen-bond acceptors (Lipinski definition) is 3. The second kappa shape index (κ2) is 5.30. The van der Waals surface area contributed by atoms with Crippen molar-refractivity contribution in [2.24, 2.45) is 0 Å². The van der Waals surface area contributed by atoms with Crippen molar-refractivity contribution in [1.29, 1.82) is 0 Å². The van der Waals surface area contributed by atoms with Gasteiger partial charge in [0.1, 0.15) is 0 Å². The smallest absolute Gasteiger partial charge is 0.260 e. The van der Waals surface area contributed by atoms with E-state index < -0.39 is 6.10 Å². The highest BCUT2D eigenvalue weighted by molar-refractivity contribution is 6.07. The van der Waals surface area contributed by atoms with Crippen LogP contribution in [0.3, 0.4) is 0 Å². The maximum atomic E-state index is 12.8. The molecule has 1 N–H and O–H groups in total. The molecule has 0 fully saturated rings. The second-order valence-electron chi connectivity index (χ2n) is 5.41. The number of nitrogens with zero attached hydrogens (tertiary/aromatic N) is 2. The minimum absolute atomic E-state index is 0.0562. The molecule has 1 aliphatic rings. The standard InChI is InChI=1S/C17H18N2O2/c1-11-7-8-13(12(2)18-11)17(21)19-10-9-16(20)14-5-3-4-6-15(14)19/h3-8,16,20H,9-10H2,1-2H3. The van der Waals surface area contributed by atoms with Gasteiger partial charge in [-0.05, 0) is 38.5 Å². The summed E-state index contributed by atoms with van der Waals surface area (Å²) in [4.78, 5) is 18.9. The lowest BCUT2D eigenvalue weighted by molar-refractivity contribution is 0.0969. The van der Waals surface area contributed by atoms with E-state index in [-0.39, 0.29) is 5.91 Å². The predicted octanol–water partition coefficient (Wildman–Crippen LogP) is 2.78. The van der Waals surface area contributed by atoms with Crippen molar-refractivity contribution in [3.8, 4) is 0 Å². The van der Waals surface area contributed by atoms with Crippen LogP contribution in [0.1, 0.15) is 39.8 Å². The molecule has 2 aromatic rings. The number of anilines is 1. The first-order valence-corrected chi connectivity index (χ1v) is 7.11. The molecule has 4 nitrogen and oxygen atoms in total. The van der Waals surface area contributed by atoms with Crippen LogP contribution in [0, 0.1) is 13.8 Å². The molecular formula is C17H18N2O2. The van der Waals surface area contributed by atoms with Gasteiger partial charge in [0.15, 0.2) is 0 Å². The Kier molecular flexibility index (Phi) is 3.47. The van der Waals surface area contributed by atoms with E-state index in [1.807, 2.05) is 50.2 Å². The van der Waals surface area contributed by atoms with Crippen molar-refractivity contribution in [2.45, 2.75) is 26.4 Å². The van der Waals surface area contributed by atoms with Crippen LogP contribution in [0.15, 0.2) is 36.4 Å². The Morgan fingerprint density at radius 3 is 2.76 bits per heavy atom. The summed E-state index contributed by atoms with van der Waals surface area (Å²) in [5.41, 5.74) is 3.87. The SMILES string of the molecule is Cc1ccc(C(=O)N2CCC(O)c3ccccc32)c(C)n1. The molecule has 0 radical (unpaired) electrons. The first-order chi connectivity index (χ1) is 10.1. The number of aryl methyl sites for hydroxylation is 2. The lowest BCUT2D eigenvalue weighted by Gasteiger charge is -2.32. The van der Waals surface area contributed by atoms with Crippen LogP contribution in [0.2, 0.25) is 0 Å². The summed E-state index contributed by atoms with van der Waals surface area (Å²) in [6.45, 7) is 4.28. The molecule has 1 atom stereocenters. The molecule has 1 unspecified atom stereocenters. The fourth-order valence-corrected chi connectivity index (χ4v) is 2.81. The molecule has 0 saturated carbocycles. The van der Waals surface area contributed by atoms with Gasteiger partial charge in [-0.1, -0.05) is 18.2 Å². The summed E-state index contributed by atoms with van der Waals surface area (Å²) in [6.07, 6.45) is 0.0589. The summed E-state index contributed by atoms with van der Waals surface area (Å²) in [5, 5.41) is 10.1. The summed E-state index contributed by atoms with van der Waals surface area (Å²) in [6, 6.07) is 11.2. The molecule has 0 saturated heterocycles. The van der Waals surface area contributed by atoms with Crippen molar-refractivity contribution >= 4 is 11.6 Å². The van der Waals surface area contributed by atoms with Crippen LogP contribution in [-0.4, -0.2) is 22.5 Å². The average molecular weight is 282 g/mol. The summed E-state index contributed by atoms with van der Waals surface area (Å²) in [5.74, 6) is -0.0562. The zero-order valence-corrected chi connectivity index (χ0v) is 12.2. The van der Waals surface area contributed by atoms with E-state index in [2.05, 4.69) is 4.98 Å². The van der Waals surface area contributed by atoms with Gasteiger partial charge in [0, 0.05) is 23.5 Å².